The number of hydrogen-bond donors (Lipinski definition) is 2. The van der Waals surface area contributed by atoms with E-state index in [9.17, 15) is 14.2 Å². The quantitative estimate of drug-likeness (QED) is 0.0221. The van der Waals surface area contributed by atoms with Crippen molar-refractivity contribution in [2.75, 3.05) is 13.2 Å². The fraction of sp³-hybridized carbons (Fsp3) is 0.795. The van der Waals surface area contributed by atoms with Gasteiger partial charge in [0, 0.05) is 12.8 Å². The summed E-state index contributed by atoms with van der Waals surface area (Å²) >= 11 is 0. The number of unbranched alkanes of at least 4 members (excludes halogenated alkanes) is 20. The second kappa shape index (κ2) is 35.1. The van der Waals surface area contributed by atoms with Crippen LogP contribution < -0.4 is 0 Å². The fourth-order valence-corrected chi connectivity index (χ4v) is 5.60. The molecule has 0 aliphatic carbocycles. The van der Waals surface area contributed by atoms with E-state index in [1.807, 2.05) is 0 Å². The van der Waals surface area contributed by atoms with Crippen molar-refractivity contribution in [3.05, 3.63) is 36.5 Å². The zero-order chi connectivity index (χ0) is 35.4. The lowest BCUT2D eigenvalue weighted by molar-refractivity contribution is -0.161. The maximum Gasteiger partial charge on any atom is 0.469 e. The number of phosphoric acid groups is 1. The minimum Gasteiger partial charge on any atom is -0.462 e. The summed E-state index contributed by atoms with van der Waals surface area (Å²) in [5, 5.41) is 0. The Morgan fingerprint density at radius 3 is 1.42 bits per heavy atom. The van der Waals surface area contributed by atoms with Crippen LogP contribution in [0.2, 0.25) is 0 Å². The highest BCUT2D eigenvalue weighted by atomic mass is 31.2. The second-order valence-electron chi connectivity index (χ2n) is 12.9. The Bertz CT molecular complexity index is 879. The van der Waals surface area contributed by atoms with Crippen LogP contribution in [-0.2, 0) is 28.2 Å². The first-order chi connectivity index (χ1) is 23.3. The number of rotatable bonds is 35. The van der Waals surface area contributed by atoms with Gasteiger partial charge in [-0.2, -0.15) is 0 Å². The maximum atomic E-state index is 12.4. The van der Waals surface area contributed by atoms with E-state index in [4.69, 9.17) is 19.3 Å². The molecular weight excluding hydrogens is 627 g/mol. The molecule has 48 heavy (non-hydrogen) atoms. The zero-order valence-electron chi connectivity index (χ0n) is 30.6. The van der Waals surface area contributed by atoms with Gasteiger partial charge in [-0.15, -0.1) is 0 Å². The highest BCUT2D eigenvalue weighted by molar-refractivity contribution is 7.46. The third-order valence-electron chi connectivity index (χ3n) is 8.16. The minimum atomic E-state index is -4.75. The number of ether oxygens (including phenoxy) is 2. The zero-order valence-corrected chi connectivity index (χ0v) is 31.5. The number of carbonyl (C=O) groups is 2. The molecule has 0 bridgehead atoms. The molecule has 280 valence electrons. The first kappa shape index (κ1) is 46.3. The van der Waals surface area contributed by atoms with Crippen molar-refractivity contribution in [3.8, 4) is 0 Å². The van der Waals surface area contributed by atoms with Crippen LogP contribution in [0, 0.1) is 0 Å². The Morgan fingerprint density at radius 2 is 0.938 bits per heavy atom. The Morgan fingerprint density at radius 1 is 0.542 bits per heavy atom. The molecule has 8 nitrogen and oxygen atoms in total. The summed E-state index contributed by atoms with van der Waals surface area (Å²) < 4.78 is 26.3. The van der Waals surface area contributed by atoms with Gasteiger partial charge in [0.05, 0.1) is 6.61 Å². The summed E-state index contributed by atoms with van der Waals surface area (Å²) in [6, 6.07) is 0. The van der Waals surface area contributed by atoms with E-state index in [0.717, 1.165) is 70.6 Å². The van der Waals surface area contributed by atoms with Gasteiger partial charge in [-0.1, -0.05) is 140 Å². The predicted octanol–water partition coefficient (Wildman–Crippen LogP) is 11.4. The molecule has 0 aromatic rings. The summed E-state index contributed by atoms with van der Waals surface area (Å²) in [4.78, 5) is 42.7. The van der Waals surface area contributed by atoms with Gasteiger partial charge in [0.25, 0.3) is 0 Å². The Kier molecular flexibility index (Phi) is 33.8. The van der Waals surface area contributed by atoms with E-state index < -0.39 is 32.5 Å². The topological polar surface area (TPSA) is 119 Å². The Hall–Kier alpha value is -1.73. The molecule has 0 rings (SSSR count). The highest BCUT2D eigenvalue weighted by Crippen LogP contribution is 2.36. The molecule has 2 N–H and O–H groups in total. The van der Waals surface area contributed by atoms with Gasteiger partial charge < -0.3 is 19.3 Å². The molecule has 0 aromatic carbocycles. The summed E-state index contributed by atoms with van der Waals surface area (Å²) in [7, 11) is -4.75. The first-order valence-corrected chi connectivity index (χ1v) is 20.8. The average molecular weight is 699 g/mol. The normalized spacial score (nSPS) is 12.8. The van der Waals surface area contributed by atoms with Crippen molar-refractivity contribution >= 4 is 19.8 Å². The molecule has 0 amide bonds. The van der Waals surface area contributed by atoms with Gasteiger partial charge >= 0.3 is 19.8 Å². The van der Waals surface area contributed by atoms with Crippen LogP contribution in [0.4, 0.5) is 0 Å². The lowest BCUT2D eigenvalue weighted by Gasteiger charge is -2.18. The van der Waals surface area contributed by atoms with Crippen LogP contribution in [0.3, 0.4) is 0 Å². The number of allylic oxidation sites excluding steroid dienone is 6. The van der Waals surface area contributed by atoms with E-state index >= 15 is 0 Å². The summed E-state index contributed by atoms with van der Waals surface area (Å²) in [5.41, 5.74) is 0. The molecule has 0 saturated carbocycles. The van der Waals surface area contributed by atoms with Gasteiger partial charge in [-0.3, -0.25) is 14.1 Å². The van der Waals surface area contributed by atoms with Gasteiger partial charge in [0.15, 0.2) is 6.10 Å². The van der Waals surface area contributed by atoms with Crippen molar-refractivity contribution < 1.29 is 37.9 Å². The largest absolute Gasteiger partial charge is 0.469 e. The summed E-state index contributed by atoms with van der Waals surface area (Å²) in [6.45, 7) is 3.63. The van der Waals surface area contributed by atoms with Crippen molar-refractivity contribution in [2.24, 2.45) is 0 Å². The molecule has 1 atom stereocenters. The molecule has 0 radical (unpaired) electrons. The number of phosphoric ester groups is 1. The predicted molar refractivity (Wildman–Crippen MR) is 198 cm³/mol. The molecule has 0 spiro atoms. The monoisotopic (exact) mass is 698 g/mol. The molecule has 9 heteroatoms. The smallest absolute Gasteiger partial charge is 0.462 e. The Balaban J connectivity index is 4.00. The minimum absolute atomic E-state index is 0.199. The molecule has 0 aliphatic rings. The van der Waals surface area contributed by atoms with Crippen LogP contribution in [0.5, 0.6) is 0 Å². The number of esters is 2. The Labute approximate surface area is 293 Å². The molecule has 0 unspecified atom stereocenters. The van der Waals surface area contributed by atoms with E-state index in [-0.39, 0.29) is 19.4 Å². The lowest BCUT2D eigenvalue weighted by atomic mass is 10.1. The van der Waals surface area contributed by atoms with Crippen LogP contribution in [0.25, 0.3) is 0 Å². The molecule has 0 heterocycles. The second-order valence-corrected chi connectivity index (χ2v) is 14.2. The molecule has 0 saturated heterocycles. The van der Waals surface area contributed by atoms with Gasteiger partial charge in [0.1, 0.15) is 6.61 Å². The number of hydrogen-bond acceptors (Lipinski definition) is 6. The number of carbonyl (C=O) groups excluding carboxylic acids is 2. The first-order valence-electron chi connectivity index (χ1n) is 19.3. The van der Waals surface area contributed by atoms with Crippen LogP contribution >= 0.6 is 7.82 Å². The third kappa shape index (κ3) is 37.1. The SMILES string of the molecule is CCCCCC/C=C/C=C/CCCCCCCC(=O)OC[C@H](COP(=O)(O)O)OC(=O)CCCCCCC/C=C/CCCCCCCC. The van der Waals surface area contributed by atoms with Crippen LogP contribution in [-0.4, -0.2) is 41.0 Å². The molecule has 0 aliphatic heterocycles. The third-order valence-corrected chi connectivity index (χ3v) is 8.64. The molecule has 0 fully saturated rings. The van der Waals surface area contributed by atoms with E-state index in [1.165, 1.54) is 70.6 Å². The van der Waals surface area contributed by atoms with Crippen molar-refractivity contribution in [3.63, 3.8) is 0 Å². The molecular formula is C39H71O8P. The summed E-state index contributed by atoms with van der Waals surface area (Å²) in [6.07, 6.45) is 40.0. The summed E-state index contributed by atoms with van der Waals surface area (Å²) in [5.74, 6) is -0.912. The standard InChI is InChI=1S/C39H71O8P/c1-3-5-7-9-11-13-15-17-19-21-23-25-27-29-31-33-38(40)45-35-37(36-46-48(42,43)44)47-39(41)34-32-30-28-26-24-22-20-18-16-14-12-10-8-6-4-2/h13,15,17-20,37H,3-12,14,16,21-36H2,1-2H3,(H2,42,43,44)/b15-13+,19-17+,20-18+/t37-/m1/s1. The van der Waals surface area contributed by atoms with Gasteiger partial charge in [0.2, 0.25) is 0 Å². The van der Waals surface area contributed by atoms with Crippen molar-refractivity contribution in [2.45, 2.75) is 187 Å². The highest BCUT2D eigenvalue weighted by Gasteiger charge is 2.22. The molecule has 0 aromatic heterocycles. The lowest BCUT2D eigenvalue weighted by Crippen LogP contribution is -2.29. The van der Waals surface area contributed by atoms with E-state index in [0.29, 0.717) is 12.8 Å². The average Bonchev–Trinajstić information content (AvgIpc) is 3.05. The van der Waals surface area contributed by atoms with Crippen molar-refractivity contribution in [1.29, 1.82) is 0 Å². The van der Waals surface area contributed by atoms with Crippen LogP contribution in [0.15, 0.2) is 36.5 Å². The van der Waals surface area contributed by atoms with Crippen LogP contribution in [0.1, 0.15) is 181 Å². The van der Waals surface area contributed by atoms with Gasteiger partial charge in [-0.05, 0) is 64.2 Å². The van der Waals surface area contributed by atoms with E-state index in [2.05, 4.69) is 54.8 Å². The fourth-order valence-electron chi connectivity index (χ4n) is 5.24. The maximum absolute atomic E-state index is 12.4. The van der Waals surface area contributed by atoms with Crippen molar-refractivity contribution in [1.82, 2.24) is 0 Å². The van der Waals surface area contributed by atoms with E-state index in [1.54, 1.807) is 0 Å². The van der Waals surface area contributed by atoms with Gasteiger partial charge in [-0.25, -0.2) is 4.57 Å².